The average molecular weight is 267 g/mol. The summed E-state index contributed by atoms with van der Waals surface area (Å²) in [5, 5.41) is 3.20. The van der Waals surface area contributed by atoms with Gasteiger partial charge in [0.15, 0.2) is 0 Å². The molecular formula is C13H25N5O. The Kier molecular flexibility index (Phi) is 7.14. The van der Waals surface area contributed by atoms with E-state index in [-0.39, 0.29) is 0 Å². The highest BCUT2D eigenvalue weighted by atomic mass is 16.5. The lowest BCUT2D eigenvalue weighted by atomic mass is 10.3. The molecule has 0 amide bonds. The Bertz CT molecular complexity index is 370. The average Bonchev–Trinajstić information content (AvgIpc) is 2.33. The van der Waals surface area contributed by atoms with Gasteiger partial charge in [0.1, 0.15) is 17.5 Å². The third-order valence-corrected chi connectivity index (χ3v) is 2.50. The van der Waals surface area contributed by atoms with Crippen LogP contribution in [0.2, 0.25) is 0 Å². The molecule has 3 N–H and O–H groups in total. The predicted octanol–water partition coefficient (Wildman–Crippen LogP) is 1.00. The van der Waals surface area contributed by atoms with E-state index in [0.717, 1.165) is 44.2 Å². The monoisotopic (exact) mass is 267 g/mol. The molecule has 0 atom stereocenters. The van der Waals surface area contributed by atoms with Crippen LogP contribution in [0.25, 0.3) is 0 Å². The van der Waals surface area contributed by atoms with E-state index in [9.17, 15) is 0 Å². The summed E-state index contributed by atoms with van der Waals surface area (Å²) in [6, 6.07) is 1.75. The Hall–Kier alpha value is -1.40. The van der Waals surface area contributed by atoms with Gasteiger partial charge in [-0.2, -0.15) is 0 Å². The molecule has 1 aromatic heterocycles. The second-order valence-corrected chi connectivity index (χ2v) is 4.69. The van der Waals surface area contributed by atoms with Gasteiger partial charge >= 0.3 is 0 Å². The third-order valence-electron chi connectivity index (χ3n) is 2.50. The summed E-state index contributed by atoms with van der Waals surface area (Å²) in [5.74, 6) is 2.07. The SMILES string of the molecule is CCCc1nc(N)cc(NCCOCCN(C)C)n1. The number of aryl methyl sites for hydroxylation is 1. The standard InChI is InChI=1S/C13H25N5O/c1-4-5-12-16-11(14)10-13(17-12)15-6-8-19-9-7-18(2)3/h10H,4-9H2,1-3H3,(H3,14,15,16,17). The van der Waals surface area contributed by atoms with Gasteiger partial charge in [-0.3, -0.25) is 0 Å². The molecule has 1 aromatic rings. The molecule has 0 saturated carbocycles. The normalized spacial score (nSPS) is 10.9. The van der Waals surface area contributed by atoms with Crippen molar-refractivity contribution in [1.29, 1.82) is 0 Å². The molecule has 0 unspecified atom stereocenters. The Balaban J connectivity index is 2.28. The third kappa shape index (κ3) is 6.93. The Morgan fingerprint density at radius 2 is 2.11 bits per heavy atom. The van der Waals surface area contributed by atoms with Gasteiger partial charge in [-0.15, -0.1) is 0 Å². The van der Waals surface area contributed by atoms with Crippen molar-refractivity contribution in [3.05, 3.63) is 11.9 Å². The molecule has 0 fully saturated rings. The lowest BCUT2D eigenvalue weighted by Crippen LogP contribution is -2.20. The zero-order valence-corrected chi connectivity index (χ0v) is 12.1. The van der Waals surface area contributed by atoms with Crippen molar-refractivity contribution in [2.75, 3.05) is 51.4 Å². The first kappa shape index (κ1) is 15.7. The number of nitrogens with two attached hydrogens (primary N) is 1. The molecule has 6 heteroatoms. The summed E-state index contributed by atoms with van der Waals surface area (Å²) in [4.78, 5) is 10.7. The highest BCUT2D eigenvalue weighted by molar-refractivity contribution is 5.44. The number of nitrogen functional groups attached to an aromatic ring is 1. The molecule has 1 heterocycles. The van der Waals surface area contributed by atoms with Gasteiger partial charge in [0, 0.05) is 25.6 Å². The van der Waals surface area contributed by atoms with Gasteiger partial charge in [0.25, 0.3) is 0 Å². The molecule has 19 heavy (non-hydrogen) atoms. The van der Waals surface area contributed by atoms with E-state index in [1.165, 1.54) is 0 Å². The lowest BCUT2D eigenvalue weighted by molar-refractivity contribution is 0.126. The number of ether oxygens (including phenoxy) is 1. The predicted molar refractivity (Wildman–Crippen MR) is 78.3 cm³/mol. The maximum Gasteiger partial charge on any atom is 0.133 e. The van der Waals surface area contributed by atoms with Crippen molar-refractivity contribution in [3.63, 3.8) is 0 Å². The maximum absolute atomic E-state index is 5.75. The first-order valence-corrected chi connectivity index (χ1v) is 6.71. The Labute approximate surface area is 115 Å². The molecule has 1 rings (SSSR count). The lowest BCUT2D eigenvalue weighted by Gasteiger charge is -2.11. The van der Waals surface area contributed by atoms with Crippen molar-refractivity contribution in [2.24, 2.45) is 0 Å². The van der Waals surface area contributed by atoms with Gasteiger partial charge < -0.3 is 20.7 Å². The van der Waals surface area contributed by atoms with Crippen LogP contribution in [0.15, 0.2) is 6.07 Å². The van der Waals surface area contributed by atoms with Gasteiger partial charge in [-0.1, -0.05) is 6.92 Å². The minimum atomic E-state index is 0.509. The molecular weight excluding hydrogens is 242 g/mol. The van der Waals surface area contributed by atoms with E-state index < -0.39 is 0 Å². The van der Waals surface area contributed by atoms with E-state index >= 15 is 0 Å². The van der Waals surface area contributed by atoms with Crippen LogP contribution in [-0.4, -0.2) is 55.3 Å². The molecule has 0 bridgehead atoms. The maximum atomic E-state index is 5.75. The molecule has 0 aliphatic rings. The van der Waals surface area contributed by atoms with Gasteiger partial charge in [0.05, 0.1) is 13.2 Å². The molecule has 0 aromatic carbocycles. The fourth-order valence-electron chi connectivity index (χ4n) is 1.54. The summed E-state index contributed by atoms with van der Waals surface area (Å²) in [5.41, 5.74) is 5.75. The molecule has 108 valence electrons. The number of anilines is 2. The first-order valence-electron chi connectivity index (χ1n) is 6.71. The van der Waals surface area contributed by atoms with E-state index in [1.54, 1.807) is 6.07 Å². The highest BCUT2D eigenvalue weighted by Gasteiger charge is 2.01. The zero-order chi connectivity index (χ0) is 14.1. The first-order chi connectivity index (χ1) is 9.11. The number of nitrogens with one attached hydrogen (secondary N) is 1. The minimum Gasteiger partial charge on any atom is -0.384 e. The van der Waals surface area contributed by atoms with E-state index in [0.29, 0.717) is 12.4 Å². The Morgan fingerprint density at radius 1 is 1.32 bits per heavy atom. The number of likely N-dealkylation sites (N-methyl/N-ethyl adjacent to an activating group) is 1. The number of aromatic nitrogens is 2. The largest absolute Gasteiger partial charge is 0.384 e. The van der Waals surface area contributed by atoms with Crippen molar-refractivity contribution < 1.29 is 4.74 Å². The quantitative estimate of drug-likeness (QED) is 0.650. The highest BCUT2D eigenvalue weighted by Crippen LogP contribution is 2.09. The minimum absolute atomic E-state index is 0.509. The van der Waals surface area contributed by atoms with Crippen molar-refractivity contribution in [2.45, 2.75) is 19.8 Å². The smallest absolute Gasteiger partial charge is 0.133 e. The zero-order valence-electron chi connectivity index (χ0n) is 12.1. The molecule has 0 saturated heterocycles. The summed E-state index contributed by atoms with van der Waals surface area (Å²) in [7, 11) is 4.06. The second kappa shape index (κ2) is 8.66. The second-order valence-electron chi connectivity index (χ2n) is 4.69. The molecule has 0 spiro atoms. The van der Waals surface area contributed by atoms with E-state index in [2.05, 4.69) is 27.1 Å². The van der Waals surface area contributed by atoms with Crippen LogP contribution in [-0.2, 0) is 11.2 Å². The van der Waals surface area contributed by atoms with Crippen LogP contribution < -0.4 is 11.1 Å². The number of hydrogen-bond donors (Lipinski definition) is 2. The van der Waals surface area contributed by atoms with Crippen LogP contribution in [0.1, 0.15) is 19.2 Å². The topological polar surface area (TPSA) is 76.3 Å². The van der Waals surface area contributed by atoms with E-state index in [1.807, 2.05) is 14.1 Å². The number of nitrogens with zero attached hydrogens (tertiary/aromatic N) is 3. The van der Waals surface area contributed by atoms with Gasteiger partial charge in [-0.05, 0) is 20.5 Å². The summed E-state index contributed by atoms with van der Waals surface area (Å²) >= 11 is 0. The molecule has 0 aliphatic heterocycles. The van der Waals surface area contributed by atoms with Gasteiger partial charge in [-0.25, -0.2) is 9.97 Å². The van der Waals surface area contributed by atoms with Crippen molar-refractivity contribution in [1.82, 2.24) is 14.9 Å². The fourth-order valence-corrected chi connectivity index (χ4v) is 1.54. The van der Waals surface area contributed by atoms with Gasteiger partial charge in [0.2, 0.25) is 0 Å². The molecule has 0 radical (unpaired) electrons. The molecule has 0 aliphatic carbocycles. The van der Waals surface area contributed by atoms with Crippen molar-refractivity contribution in [3.8, 4) is 0 Å². The van der Waals surface area contributed by atoms with Crippen LogP contribution >= 0.6 is 0 Å². The molecule has 6 nitrogen and oxygen atoms in total. The van der Waals surface area contributed by atoms with Crippen LogP contribution in [0.4, 0.5) is 11.6 Å². The van der Waals surface area contributed by atoms with Crippen LogP contribution in [0, 0.1) is 0 Å². The number of rotatable bonds is 9. The van der Waals surface area contributed by atoms with Crippen molar-refractivity contribution >= 4 is 11.6 Å². The fraction of sp³-hybridized carbons (Fsp3) is 0.692. The summed E-state index contributed by atoms with van der Waals surface area (Å²) < 4.78 is 5.50. The van der Waals surface area contributed by atoms with E-state index in [4.69, 9.17) is 10.5 Å². The van der Waals surface area contributed by atoms with Crippen LogP contribution in [0.3, 0.4) is 0 Å². The summed E-state index contributed by atoms with van der Waals surface area (Å²) in [6.45, 7) is 5.14. The number of hydrogen-bond acceptors (Lipinski definition) is 6. The Morgan fingerprint density at radius 3 is 2.79 bits per heavy atom. The van der Waals surface area contributed by atoms with Crippen LogP contribution in [0.5, 0.6) is 0 Å². The summed E-state index contributed by atoms with van der Waals surface area (Å²) in [6.07, 6.45) is 1.86.